The van der Waals surface area contributed by atoms with Crippen molar-refractivity contribution in [3.05, 3.63) is 53.9 Å². The highest BCUT2D eigenvalue weighted by molar-refractivity contribution is 5.90. The normalized spacial score (nSPS) is 16.9. The summed E-state index contributed by atoms with van der Waals surface area (Å²) in [5.41, 5.74) is 2.13. The smallest absolute Gasteiger partial charge is 0.315 e. The molecule has 3 amide bonds. The lowest BCUT2D eigenvalue weighted by atomic mass is 10.1. The first-order valence-electron chi connectivity index (χ1n) is 7.08. The lowest BCUT2D eigenvalue weighted by Crippen LogP contribution is -2.42. The molecule has 1 aromatic heterocycles. The molecule has 7 nitrogen and oxygen atoms in total. The van der Waals surface area contributed by atoms with E-state index in [2.05, 4.69) is 21.0 Å². The molecule has 3 rings (SSSR count). The summed E-state index contributed by atoms with van der Waals surface area (Å²) in [7, 11) is 0. The fraction of sp³-hybridized carbons (Fsp3) is 0.267. The van der Waals surface area contributed by atoms with Crippen molar-refractivity contribution in [1.82, 2.24) is 25.7 Å². The highest BCUT2D eigenvalue weighted by Crippen LogP contribution is 2.10. The maximum absolute atomic E-state index is 12.0. The van der Waals surface area contributed by atoms with E-state index in [0.29, 0.717) is 19.6 Å². The summed E-state index contributed by atoms with van der Waals surface area (Å²) >= 11 is 0. The molecule has 1 aromatic carbocycles. The molecule has 1 aliphatic rings. The zero-order valence-corrected chi connectivity index (χ0v) is 12.0. The molecule has 1 atom stereocenters. The van der Waals surface area contributed by atoms with Gasteiger partial charge in [-0.25, -0.2) is 4.79 Å². The Hall–Kier alpha value is -2.83. The third kappa shape index (κ3) is 3.25. The van der Waals surface area contributed by atoms with Gasteiger partial charge in [-0.1, -0.05) is 24.3 Å². The Kier molecular flexibility index (Phi) is 4.04. The van der Waals surface area contributed by atoms with Crippen LogP contribution in [0.1, 0.15) is 11.1 Å². The van der Waals surface area contributed by atoms with Crippen molar-refractivity contribution in [3.8, 4) is 0 Å². The van der Waals surface area contributed by atoms with E-state index in [1.807, 2.05) is 41.2 Å². The van der Waals surface area contributed by atoms with Crippen molar-refractivity contribution in [2.24, 2.45) is 0 Å². The molecule has 1 unspecified atom stereocenters. The first-order chi connectivity index (χ1) is 10.7. The number of rotatable bonds is 5. The van der Waals surface area contributed by atoms with Gasteiger partial charge >= 0.3 is 6.03 Å². The monoisotopic (exact) mass is 299 g/mol. The van der Waals surface area contributed by atoms with Gasteiger partial charge in [0.15, 0.2) is 0 Å². The Labute approximate surface area is 127 Å². The minimum absolute atomic E-state index is 0.188. The third-order valence-electron chi connectivity index (χ3n) is 3.55. The van der Waals surface area contributed by atoms with Crippen LogP contribution >= 0.6 is 0 Å². The predicted molar refractivity (Wildman–Crippen MR) is 79.9 cm³/mol. The van der Waals surface area contributed by atoms with E-state index in [1.54, 1.807) is 6.20 Å². The van der Waals surface area contributed by atoms with Crippen LogP contribution in [-0.4, -0.2) is 34.3 Å². The van der Waals surface area contributed by atoms with Crippen molar-refractivity contribution in [3.63, 3.8) is 0 Å². The number of carbonyl (C=O) groups excluding carboxylic acids is 2. The zero-order chi connectivity index (χ0) is 15.4. The van der Waals surface area contributed by atoms with Crippen molar-refractivity contribution in [2.45, 2.75) is 19.1 Å². The van der Waals surface area contributed by atoms with Crippen LogP contribution in [0.15, 0.2) is 42.7 Å². The van der Waals surface area contributed by atoms with Crippen LogP contribution in [0.3, 0.4) is 0 Å². The summed E-state index contributed by atoms with van der Waals surface area (Å²) in [6.07, 6.45) is 3.63. The van der Waals surface area contributed by atoms with E-state index in [1.165, 1.54) is 0 Å². The number of benzene rings is 1. The summed E-state index contributed by atoms with van der Waals surface area (Å²) < 4.78 is 1.84. The van der Waals surface area contributed by atoms with E-state index in [9.17, 15) is 9.59 Å². The predicted octanol–water partition coefficient (Wildman–Crippen LogP) is 0.229. The molecule has 22 heavy (non-hydrogen) atoms. The Balaban J connectivity index is 1.62. The highest BCUT2D eigenvalue weighted by atomic mass is 16.2. The standard InChI is InChI=1S/C15H17N5O2/c21-14(13-9-17-15(22)19-13)16-8-11-4-1-2-5-12(11)10-20-7-3-6-18-20/h1-7,13H,8-10H2,(H,16,21)(H2,17,19,22). The van der Waals surface area contributed by atoms with Gasteiger partial charge in [-0.3, -0.25) is 9.48 Å². The van der Waals surface area contributed by atoms with Crippen LogP contribution in [0.5, 0.6) is 0 Å². The number of nitrogens with one attached hydrogen (secondary N) is 3. The molecular weight excluding hydrogens is 282 g/mol. The van der Waals surface area contributed by atoms with Crippen LogP contribution in [0, 0.1) is 0 Å². The molecular formula is C15H17N5O2. The SMILES string of the molecule is O=C1NCC(C(=O)NCc2ccccc2Cn2cccn2)N1. The Morgan fingerprint density at radius 1 is 1.32 bits per heavy atom. The molecule has 0 aliphatic carbocycles. The number of amides is 3. The lowest BCUT2D eigenvalue weighted by molar-refractivity contribution is -0.122. The second-order valence-corrected chi connectivity index (χ2v) is 5.10. The maximum Gasteiger partial charge on any atom is 0.315 e. The van der Waals surface area contributed by atoms with E-state index < -0.39 is 6.04 Å². The van der Waals surface area contributed by atoms with Gasteiger partial charge in [0, 0.05) is 25.5 Å². The fourth-order valence-corrected chi connectivity index (χ4v) is 2.37. The fourth-order valence-electron chi connectivity index (χ4n) is 2.37. The van der Waals surface area contributed by atoms with Crippen LogP contribution in [-0.2, 0) is 17.9 Å². The molecule has 2 heterocycles. The molecule has 7 heteroatoms. The molecule has 0 spiro atoms. The summed E-state index contributed by atoms with van der Waals surface area (Å²) in [5.74, 6) is -0.188. The molecule has 0 bridgehead atoms. The van der Waals surface area contributed by atoms with Crippen LogP contribution in [0.2, 0.25) is 0 Å². The molecule has 1 fully saturated rings. The van der Waals surface area contributed by atoms with Gasteiger partial charge in [0.2, 0.25) is 5.91 Å². The molecule has 1 aliphatic heterocycles. The summed E-state index contributed by atoms with van der Waals surface area (Å²) in [6.45, 7) is 1.39. The second kappa shape index (κ2) is 6.30. The van der Waals surface area contributed by atoms with E-state index in [4.69, 9.17) is 0 Å². The van der Waals surface area contributed by atoms with E-state index in [0.717, 1.165) is 11.1 Å². The van der Waals surface area contributed by atoms with Gasteiger partial charge in [-0.2, -0.15) is 5.10 Å². The van der Waals surface area contributed by atoms with Crippen molar-refractivity contribution in [1.29, 1.82) is 0 Å². The van der Waals surface area contributed by atoms with Gasteiger partial charge in [0.25, 0.3) is 0 Å². The van der Waals surface area contributed by atoms with E-state index >= 15 is 0 Å². The Morgan fingerprint density at radius 3 is 2.82 bits per heavy atom. The highest BCUT2D eigenvalue weighted by Gasteiger charge is 2.26. The number of urea groups is 1. The van der Waals surface area contributed by atoms with Gasteiger partial charge in [0.1, 0.15) is 6.04 Å². The largest absolute Gasteiger partial charge is 0.350 e. The molecule has 0 radical (unpaired) electrons. The van der Waals surface area contributed by atoms with Gasteiger partial charge in [0.05, 0.1) is 6.54 Å². The summed E-state index contributed by atoms with van der Waals surface area (Å²) in [5, 5.41) is 12.2. The average molecular weight is 299 g/mol. The summed E-state index contributed by atoms with van der Waals surface area (Å²) in [4.78, 5) is 23.1. The lowest BCUT2D eigenvalue weighted by Gasteiger charge is -2.13. The minimum Gasteiger partial charge on any atom is -0.350 e. The van der Waals surface area contributed by atoms with Gasteiger partial charge in [-0.05, 0) is 17.2 Å². The number of hydrogen-bond donors (Lipinski definition) is 3. The minimum atomic E-state index is -0.509. The molecule has 1 saturated heterocycles. The van der Waals surface area contributed by atoms with Crippen LogP contribution in [0.25, 0.3) is 0 Å². The molecule has 2 aromatic rings. The molecule has 0 saturated carbocycles. The quantitative estimate of drug-likeness (QED) is 0.738. The second-order valence-electron chi connectivity index (χ2n) is 5.10. The van der Waals surface area contributed by atoms with Gasteiger partial charge in [-0.15, -0.1) is 0 Å². The molecule has 114 valence electrons. The first-order valence-corrected chi connectivity index (χ1v) is 7.08. The number of carbonyl (C=O) groups is 2. The number of nitrogens with zero attached hydrogens (tertiary/aromatic N) is 2. The third-order valence-corrected chi connectivity index (χ3v) is 3.55. The first kappa shape index (κ1) is 14.1. The zero-order valence-electron chi connectivity index (χ0n) is 12.0. The van der Waals surface area contributed by atoms with Crippen molar-refractivity contribution in [2.75, 3.05) is 6.54 Å². The van der Waals surface area contributed by atoms with Crippen molar-refractivity contribution < 1.29 is 9.59 Å². The maximum atomic E-state index is 12.0. The van der Waals surface area contributed by atoms with Crippen LogP contribution in [0.4, 0.5) is 4.79 Å². The number of hydrogen-bond acceptors (Lipinski definition) is 3. The van der Waals surface area contributed by atoms with Gasteiger partial charge < -0.3 is 16.0 Å². The molecule has 3 N–H and O–H groups in total. The topological polar surface area (TPSA) is 88.1 Å². The van der Waals surface area contributed by atoms with Crippen molar-refractivity contribution >= 4 is 11.9 Å². The van der Waals surface area contributed by atoms with Crippen LogP contribution < -0.4 is 16.0 Å². The van der Waals surface area contributed by atoms with E-state index in [-0.39, 0.29) is 11.9 Å². The Morgan fingerprint density at radius 2 is 2.14 bits per heavy atom. The Bertz CT molecular complexity index is 668. The average Bonchev–Trinajstić information content (AvgIpc) is 3.18. The number of aromatic nitrogens is 2. The summed E-state index contributed by atoms with van der Waals surface area (Å²) in [6, 6.07) is 8.95.